The number of hydrogen-bond donors (Lipinski definition) is 2. The molecule has 5 aromatic carbocycles. The molecular weight excluding hydrogens is 444 g/mol. The van der Waals surface area contributed by atoms with Crippen molar-refractivity contribution in [1.29, 1.82) is 0 Å². The minimum absolute atomic E-state index is 0.227. The summed E-state index contributed by atoms with van der Waals surface area (Å²) in [7, 11) is 0. The maximum absolute atomic E-state index is 13.3. The number of rotatable bonds is 6. The summed E-state index contributed by atoms with van der Waals surface area (Å²) < 4.78 is 0. The van der Waals surface area contributed by atoms with Gasteiger partial charge in [0.25, 0.3) is 11.8 Å². The largest absolute Gasteiger partial charge is 0.345 e. The lowest BCUT2D eigenvalue weighted by Gasteiger charge is -2.19. The van der Waals surface area contributed by atoms with Crippen LogP contribution < -0.4 is 10.6 Å². The Bertz CT molecular complexity index is 1440. The van der Waals surface area contributed by atoms with E-state index in [9.17, 15) is 9.59 Å². The van der Waals surface area contributed by atoms with Gasteiger partial charge in [-0.25, -0.2) is 0 Å². The van der Waals surface area contributed by atoms with E-state index in [0.29, 0.717) is 11.1 Å². The summed E-state index contributed by atoms with van der Waals surface area (Å²) in [5.74, 6) is -0.557. The second-order valence-electron chi connectivity index (χ2n) is 9.07. The second-order valence-corrected chi connectivity index (χ2v) is 9.07. The van der Waals surface area contributed by atoms with Crippen molar-refractivity contribution in [3.05, 3.63) is 131 Å². The van der Waals surface area contributed by atoms with Gasteiger partial charge in [0, 0.05) is 0 Å². The first-order valence-electron chi connectivity index (χ1n) is 12.2. The Morgan fingerprint density at radius 2 is 0.861 bits per heavy atom. The summed E-state index contributed by atoms with van der Waals surface area (Å²) in [5.41, 5.74) is 2.78. The summed E-state index contributed by atoms with van der Waals surface area (Å²) in [6.45, 7) is 3.93. The summed E-state index contributed by atoms with van der Waals surface area (Å²) in [4.78, 5) is 26.7. The lowest BCUT2D eigenvalue weighted by Crippen LogP contribution is -2.32. The first-order valence-corrected chi connectivity index (χ1v) is 12.2. The highest BCUT2D eigenvalue weighted by Gasteiger charge is 2.21. The molecule has 5 rings (SSSR count). The molecule has 5 aromatic rings. The summed E-state index contributed by atoms with van der Waals surface area (Å²) in [6, 6.07) is 34.9. The van der Waals surface area contributed by atoms with Crippen molar-refractivity contribution in [3.8, 4) is 0 Å². The molecule has 0 fully saturated rings. The Balaban J connectivity index is 1.37. The van der Waals surface area contributed by atoms with Crippen LogP contribution in [0.15, 0.2) is 109 Å². The third kappa shape index (κ3) is 4.58. The zero-order valence-electron chi connectivity index (χ0n) is 20.4. The van der Waals surface area contributed by atoms with E-state index in [0.717, 1.165) is 32.7 Å². The molecule has 0 aromatic heterocycles. The van der Waals surface area contributed by atoms with E-state index in [1.165, 1.54) is 0 Å². The van der Waals surface area contributed by atoms with Gasteiger partial charge in [0.2, 0.25) is 0 Å². The Morgan fingerprint density at radius 3 is 1.31 bits per heavy atom. The predicted molar refractivity (Wildman–Crippen MR) is 146 cm³/mol. The van der Waals surface area contributed by atoms with E-state index in [4.69, 9.17) is 0 Å². The standard InChI is InChI=1S/C32H28N2O2/c1-21(25-19-9-13-23-11-3-5-15-27(23)25)33-31(35)29-17-7-8-18-30(29)32(36)34-22(2)26-20-10-14-24-12-4-6-16-28(24)26/h3-22H,1-2H3,(H,33,35)(H,34,36)/t21-,22-/m0/s1. The van der Waals surface area contributed by atoms with Crippen LogP contribution in [-0.4, -0.2) is 11.8 Å². The quantitative estimate of drug-likeness (QED) is 0.280. The fourth-order valence-corrected chi connectivity index (χ4v) is 4.84. The molecule has 178 valence electrons. The SMILES string of the molecule is C[C@H](NC(=O)c1ccccc1C(=O)N[C@@H](C)c1cccc2ccccc12)c1cccc2ccccc12. The molecule has 0 radical (unpaired) electrons. The van der Waals surface area contributed by atoms with E-state index in [1.54, 1.807) is 24.3 Å². The van der Waals surface area contributed by atoms with Crippen molar-refractivity contribution in [3.63, 3.8) is 0 Å². The van der Waals surface area contributed by atoms with Gasteiger partial charge in [0.05, 0.1) is 23.2 Å². The number of hydrogen-bond acceptors (Lipinski definition) is 2. The zero-order chi connectivity index (χ0) is 25.1. The maximum Gasteiger partial charge on any atom is 0.252 e. The van der Waals surface area contributed by atoms with Gasteiger partial charge >= 0.3 is 0 Å². The van der Waals surface area contributed by atoms with Gasteiger partial charge < -0.3 is 10.6 Å². The van der Waals surface area contributed by atoms with Crippen molar-refractivity contribution >= 4 is 33.4 Å². The molecule has 0 unspecified atom stereocenters. The van der Waals surface area contributed by atoms with Gasteiger partial charge in [0.15, 0.2) is 0 Å². The molecule has 4 heteroatoms. The van der Waals surface area contributed by atoms with E-state index < -0.39 is 0 Å². The van der Waals surface area contributed by atoms with Crippen LogP contribution in [0.1, 0.15) is 57.8 Å². The smallest absolute Gasteiger partial charge is 0.252 e. The molecule has 0 saturated carbocycles. The minimum atomic E-state index is -0.279. The van der Waals surface area contributed by atoms with Crippen molar-refractivity contribution in [2.75, 3.05) is 0 Å². The molecule has 2 atom stereocenters. The number of nitrogens with one attached hydrogen (secondary N) is 2. The molecule has 0 aliphatic rings. The van der Waals surface area contributed by atoms with Gasteiger partial charge in [-0.2, -0.15) is 0 Å². The van der Waals surface area contributed by atoms with Crippen LogP contribution in [0.25, 0.3) is 21.5 Å². The van der Waals surface area contributed by atoms with Crippen molar-refractivity contribution < 1.29 is 9.59 Å². The average Bonchev–Trinajstić information content (AvgIpc) is 2.92. The Kier molecular flexibility index (Phi) is 6.50. The van der Waals surface area contributed by atoms with Crippen LogP contribution >= 0.6 is 0 Å². The molecule has 0 bridgehead atoms. The number of fused-ring (bicyclic) bond motifs is 2. The monoisotopic (exact) mass is 472 g/mol. The molecule has 0 saturated heterocycles. The normalized spacial score (nSPS) is 12.7. The molecule has 0 aliphatic carbocycles. The van der Waals surface area contributed by atoms with Crippen LogP contribution in [0.5, 0.6) is 0 Å². The van der Waals surface area contributed by atoms with E-state index in [2.05, 4.69) is 47.0 Å². The van der Waals surface area contributed by atoms with Gasteiger partial charge in [-0.3, -0.25) is 9.59 Å². The molecule has 0 aliphatic heterocycles. The maximum atomic E-state index is 13.3. The van der Waals surface area contributed by atoms with Crippen molar-refractivity contribution in [2.24, 2.45) is 0 Å². The molecule has 2 N–H and O–H groups in total. The first-order chi connectivity index (χ1) is 17.5. The Hall–Kier alpha value is -4.44. The van der Waals surface area contributed by atoms with Gasteiger partial charge in [-0.15, -0.1) is 0 Å². The predicted octanol–water partition coefficient (Wildman–Crippen LogP) is 6.98. The fourth-order valence-electron chi connectivity index (χ4n) is 4.84. The van der Waals surface area contributed by atoms with Gasteiger partial charge in [-0.05, 0) is 58.7 Å². The third-order valence-corrected chi connectivity index (χ3v) is 6.69. The lowest BCUT2D eigenvalue weighted by molar-refractivity contribution is 0.0905. The Morgan fingerprint density at radius 1 is 0.500 bits per heavy atom. The molecule has 0 spiro atoms. The summed E-state index contributed by atoms with van der Waals surface area (Å²) >= 11 is 0. The van der Waals surface area contributed by atoms with Crippen LogP contribution in [0.2, 0.25) is 0 Å². The minimum Gasteiger partial charge on any atom is -0.345 e. The van der Waals surface area contributed by atoms with Gasteiger partial charge in [0.1, 0.15) is 0 Å². The van der Waals surface area contributed by atoms with Gasteiger partial charge in [-0.1, -0.05) is 97.1 Å². The van der Waals surface area contributed by atoms with E-state index in [-0.39, 0.29) is 23.9 Å². The Labute approximate surface area is 211 Å². The number of carbonyl (C=O) groups is 2. The third-order valence-electron chi connectivity index (χ3n) is 6.69. The summed E-state index contributed by atoms with van der Waals surface area (Å²) in [5, 5.41) is 10.6. The van der Waals surface area contributed by atoms with Crippen molar-refractivity contribution in [1.82, 2.24) is 10.6 Å². The highest BCUT2D eigenvalue weighted by molar-refractivity contribution is 6.07. The summed E-state index contributed by atoms with van der Waals surface area (Å²) in [6.07, 6.45) is 0. The fraction of sp³-hybridized carbons (Fsp3) is 0.125. The average molecular weight is 473 g/mol. The van der Waals surface area contributed by atoms with Crippen LogP contribution in [0, 0.1) is 0 Å². The number of benzene rings is 5. The van der Waals surface area contributed by atoms with Crippen LogP contribution in [0.3, 0.4) is 0 Å². The number of carbonyl (C=O) groups excluding carboxylic acids is 2. The highest BCUT2D eigenvalue weighted by Crippen LogP contribution is 2.26. The highest BCUT2D eigenvalue weighted by atomic mass is 16.2. The van der Waals surface area contributed by atoms with E-state index in [1.807, 2.05) is 62.4 Å². The molecule has 0 heterocycles. The molecule has 4 nitrogen and oxygen atoms in total. The molecule has 2 amide bonds. The molecular formula is C32H28N2O2. The zero-order valence-corrected chi connectivity index (χ0v) is 20.4. The van der Waals surface area contributed by atoms with E-state index >= 15 is 0 Å². The van der Waals surface area contributed by atoms with Crippen molar-refractivity contribution in [2.45, 2.75) is 25.9 Å². The first kappa shape index (κ1) is 23.3. The second kappa shape index (κ2) is 10.0. The lowest BCUT2D eigenvalue weighted by atomic mass is 9.98. The van der Waals surface area contributed by atoms with Crippen LogP contribution in [-0.2, 0) is 0 Å². The molecule has 36 heavy (non-hydrogen) atoms. The number of amides is 2. The van der Waals surface area contributed by atoms with Crippen LogP contribution in [0.4, 0.5) is 0 Å². The topological polar surface area (TPSA) is 58.2 Å².